The lowest BCUT2D eigenvalue weighted by Crippen LogP contribution is -2.56. The Labute approximate surface area is 194 Å². The second-order valence-electron chi connectivity index (χ2n) is 9.19. The van der Waals surface area contributed by atoms with Crippen LogP contribution in [0, 0.1) is 17.3 Å². The molecular formula is C25H31ClN2O4. The molecule has 1 aliphatic heterocycles. The van der Waals surface area contributed by atoms with Gasteiger partial charge in [0, 0.05) is 18.1 Å². The Bertz CT molecular complexity index is 916. The van der Waals surface area contributed by atoms with Gasteiger partial charge in [-0.1, -0.05) is 61.9 Å². The van der Waals surface area contributed by atoms with Crippen molar-refractivity contribution in [3.8, 4) is 0 Å². The molecule has 3 unspecified atom stereocenters. The molecule has 1 aliphatic carbocycles. The van der Waals surface area contributed by atoms with Crippen LogP contribution in [0.1, 0.15) is 45.1 Å². The largest absolute Gasteiger partial charge is 0.481 e. The van der Waals surface area contributed by atoms with E-state index in [4.69, 9.17) is 11.6 Å². The molecule has 32 heavy (non-hydrogen) atoms. The lowest BCUT2D eigenvalue weighted by Gasteiger charge is -2.37. The van der Waals surface area contributed by atoms with Crippen molar-refractivity contribution in [2.24, 2.45) is 17.3 Å². The average molecular weight is 459 g/mol. The first-order valence-corrected chi connectivity index (χ1v) is 11.5. The fraction of sp³-hybridized carbons (Fsp3) is 0.480. The summed E-state index contributed by atoms with van der Waals surface area (Å²) in [6.45, 7) is 6.60. The first-order chi connectivity index (χ1) is 15.1. The van der Waals surface area contributed by atoms with E-state index >= 15 is 0 Å². The molecule has 2 amide bonds. The molecule has 6 nitrogen and oxygen atoms in total. The van der Waals surface area contributed by atoms with Crippen LogP contribution in [0.2, 0.25) is 5.02 Å². The molecule has 1 aromatic rings. The van der Waals surface area contributed by atoms with E-state index in [-0.39, 0.29) is 11.8 Å². The second kappa shape index (κ2) is 9.90. The number of benzene rings is 1. The van der Waals surface area contributed by atoms with Crippen LogP contribution in [-0.4, -0.2) is 46.9 Å². The highest BCUT2D eigenvalue weighted by molar-refractivity contribution is 6.30. The van der Waals surface area contributed by atoms with Crippen molar-refractivity contribution < 1.29 is 19.5 Å². The van der Waals surface area contributed by atoms with E-state index in [9.17, 15) is 19.5 Å². The summed E-state index contributed by atoms with van der Waals surface area (Å²) in [7, 11) is 0. The molecule has 1 heterocycles. The van der Waals surface area contributed by atoms with Gasteiger partial charge in [-0.25, -0.2) is 0 Å². The Morgan fingerprint density at radius 1 is 1.12 bits per heavy atom. The zero-order valence-corrected chi connectivity index (χ0v) is 19.5. The summed E-state index contributed by atoms with van der Waals surface area (Å²) in [5.41, 5.74) is -0.0322. The SMILES string of the molecule is CC(C)C(NC(=O)C1(C)C=CC=CC1C(=O)O)C(=O)N1CCC(c2ccc(Cl)cc2)CC1. The zero-order valence-electron chi connectivity index (χ0n) is 18.8. The smallest absolute Gasteiger partial charge is 0.311 e. The van der Waals surface area contributed by atoms with Crippen molar-refractivity contribution in [2.45, 2.75) is 45.6 Å². The van der Waals surface area contributed by atoms with Crippen LogP contribution in [0.4, 0.5) is 0 Å². The zero-order chi connectivity index (χ0) is 23.5. The number of likely N-dealkylation sites (tertiary alicyclic amines) is 1. The number of carbonyl (C=O) groups is 3. The first-order valence-electron chi connectivity index (χ1n) is 11.1. The van der Waals surface area contributed by atoms with Crippen LogP contribution in [0.5, 0.6) is 0 Å². The Kier molecular flexibility index (Phi) is 7.44. The molecule has 1 fully saturated rings. The number of nitrogens with zero attached hydrogens (tertiary/aromatic N) is 1. The molecule has 2 N–H and O–H groups in total. The lowest BCUT2D eigenvalue weighted by atomic mass is 9.73. The Hall–Kier alpha value is -2.60. The molecule has 3 atom stereocenters. The molecule has 0 radical (unpaired) electrons. The Morgan fingerprint density at radius 2 is 1.75 bits per heavy atom. The molecular weight excluding hydrogens is 428 g/mol. The van der Waals surface area contributed by atoms with Crippen molar-refractivity contribution in [1.82, 2.24) is 10.2 Å². The van der Waals surface area contributed by atoms with Crippen LogP contribution >= 0.6 is 11.6 Å². The fourth-order valence-electron chi connectivity index (χ4n) is 4.47. The number of hydrogen-bond acceptors (Lipinski definition) is 3. The van der Waals surface area contributed by atoms with Gasteiger partial charge < -0.3 is 15.3 Å². The highest BCUT2D eigenvalue weighted by Gasteiger charge is 2.45. The molecule has 3 rings (SSSR count). The van der Waals surface area contributed by atoms with E-state index in [1.54, 1.807) is 25.2 Å². The van der Waals surface area contributed by atoms with Crippen molar-refractivity contribution >= 4 is 29.4 Å². The van der Waals surface area contributed by atoms with Crippen molar-refractivity contribution in [1.29, 1.82) is 0 Å². The fourth-order valence-corrected chi connectivity index (χ4v) is 4.59. The summed E-state index contributed by atoms with van der Waals surface area (Å²) in [4.78, 5) is 40.0. The van der Waals surface area contributed by atoms with Gasteiger partial charge in [-0.05, 0) is 49.3 Å². The molecule has 172 valence electrons. The van der Waals surface area contributed by atoms with Crippen LogP contribution in [0.3, 0.4) is 0 Å². The topological polar surface area (TPSA) is 86.7 Å². The molecule has 1 saturated heterocycles. The normalized spacial score (nSPS) is 24.4. The number of rotatable bonds is 6. The van der Waals surface area contributed by atoms with Crippen LogP contribution in [-0.2, 0) is 14.4 Å². The number of amides is 2. The van der Waals surface area contributed by atoms with Crippen LogP contribution < -0.4 is 5.32 Å². The molecule has 2 aliphatic rings. The van der Waals surface area contributed by atoms with Gasteiger partial charge in [-0.15, -0.1) is 0 Å². The van der Waals surface area contributed by atoms with Gasteiger partial charge in [0.25, 0.3) is 0 Å². The number of piperidine rings is 1. The maximum atomic E-state index is 13.3. The molecule has 0 spiro atoms. The third-order valence-corrected chi connectivity index (χ3v) is 6.88. The van der Waals surface area contributed by atoms with Crippen molar-refractivity contribution in [3.05, 3.63) is 59.2 Å². The maximum absolute atomic E-state index is 13.3. The number of aliphatic carboxylic acids is 1. The highest BCUT2D eigenvalue weighted by Crippen LogP contribution is 2.34. The quantitative estimate of drug-likeness (QED) is 0.674. The summed E-state index contributed by atoms with van der Waals surface area (Å²) in [5.74, 6) is -2.37. The first kappa shape index (κ1) is 24.1. The summed E-state index contributed by atoms with van der Waals surface area (Å²) in [6.07, 6.45) is 8.10. The average Bonchev–Trinajstić information content (AvgIpc) is 2.77. The van der Waals surface area contributed by atoms with Crippen molar-refractivity contribution in [3.63, 3.8) is 0 Å². The minimum Gasteiger partial charge on any atom is -0.481 e. The van der Waals surface area contributed by atoms with Gasteiger partial charge in [-0.2, -0.15) is 0 Å². The number of carboxylic acid groups (broad SMARTS) is 1. The molecule has 1 aromatic carbocycles. The molecule has 7 heteroatoms. The van der Waals surface area contributed by atoms with Gasteiger partial charge in [0.15, 0.2) is 0 Å². The lowest BCUT2D eigenvalue weighted by molar-refractivity contribution is -0.148. The second-order valence-corrected chi connectivity index (χ2v) is 9.63. The highest BCUT2D eigenvalue weighted by atomic mass is 35.5. The number of hydrogen-bond donors (Lipinski definition) is 2. The number of nitrogens with one attached hydrogen (secondary N) is 1. The van der Waals surface area contributed by atoms with Gasteiger partial charge in [0.2, 0.25) is 11.8 Å². The van der Waals surface area contributed by atoms with Gasteiger partial charge in [-0.3, -0.25) is 14.4 Å². The predicted molar refractivity (Wildman–Crippen MR) is 124 cm³/mol. The van der Waals surface area contributed by atoms with E-state index < -0.39 is 29.3 Å². The van der Waals surface area contributed by atoms with E-state index in [0.717, 1.165) is 12.8 Å². The minimum atomic E-state index is -1.25. The third-order valence-electron chi connectivity index (χ3n) is 6.63. The van der Waals surface area contributed by atoms with Crippen LogP contribution in [0.15, 0.2) is 48.6 Å². The summed E-state index contributed by atoms with van der Waals surface area (Å²) >= 11 is 5.99. The van der Waals surface area contributed by atoms with E-state index in [1.165, 1.54) is 11.6 Å². The minimum absolute atomic E-state index is 0.117. The van der Waals surface area contributed by atoms with E-state index in [2.05, 4.69) is 5.32 Å². The summed E-state index contributed by atoms with van der Waals surface area (Å²) in [6, 6.07) is 7.14. The van der Waals surface area contributed by atoms with E-state index in [1.807, 2.05) is 43.0 Å². The van der Waals surface area contributed by atoms with E-state index in [0.29, 0.717) is 24.0 Å². The number of carboxylic acids is 1. The Balaban J connectivity index is 1.67. The third kappa shape index (κ3) is 5.07. The summed E-state index contributed by atoms with van der Waals surface area (Å²) < 4.78 is 0. The molecule has 0 bridgehead atoms. The van der Waals surface area contributed by atoms with Gasteiger partial charge in [0.1, 0.15) is 6.04 Å². The van der Waals surface area contributed by atoms with Crippen LogP contribution in [0.25, 0.3) is 0 Å². The van der Waals surface area contributed by atoms with Crippen molar-refractivity contribution in [2.75, 3.05) is 13.1 Å². The maximum Gasteiger partial charge on any atom is 0.311 e. The molecule has 0 aromatic heterocycles. The predicted octanol–water partition coefficient (Wildman–Crippen LogP) is 4.02. The number of allylic oxidation sites excluding steroid dienone is 2. The monoisotopic (exact) mass is 458 g/mol. The molecule has 0 saturated carbocycles. The standard InChI is InChI=1S/C25H31ClN2O4/c1-16(2)21(27-24(32)25(3)13-5-4-6-20(25)23(30)31)22(29)28-14-11-18(12-15-28)17-7-9-19(26)10-8-17/h4-10,13,16,18,20-21H,11-12,14-15H2,1-3H3,(H,27,32)(H,30,31). The van der Waals surface area contributed by atoms with Gasteiger partial charge >= 0.3 is 5.97 Å². The van der Waals surface area contributed by atoms with Gasteiger partial charge in [0.05, 0.1) is 11.3 Å². The Morgan fingerprint density at radius 3 is 2.31 bits per heavy atom. The summed E-state index contributed by atoms with van der Waals surface area (Å²) in [5, 5.41) is 13.1. The number of carbonyl (C=O) groups excluding carboxylic acids is 2. The number of halogens is 1.